The summed E-state index contributed by atoms with van der Waals surface area (Å²) >= 11 is 0. The molecule has 0 spiro atoms. The van der Waals surface area contributed by atoms with Crippen molar-refractivity contribution in [1.29, 1.82) is 0 Å². The lowest BCUT2D eigenvalue weighted by Gasteiger charge is -1.93. The van der Waals surface area contributed by atoms with Crippen molar-refractivity contribution in [2.45, 2.75) is 6.92 Å². The van der Waals surface area contributed by atoms with Crippen LogP contribution in [0.1, 0.15) is 6.92 Å². The molecule has 0 aromatic carbocycles. The average molecular weight is 158 g/mol. The van der Waals surface area contributed by atoms with Gasteiger partial charge in [-0.25, -0.2) is 0 Å². The largest absolute Gasteiger partial charge is 0.159 e. The van der Waals surface area contributed by atoms with Crippen LogP contribution in [-0.4, -0.2) is 10.2 Å². The Balaban J connectivity index is 2.75. The first-order chi connectivity index (χ1) is 5.86. The van der Waals surface area contributed by atoms with E-state index < -0.39 is 0 Å². The fourth-order valence-corrected chi connectivity index (χ4v) is 1.28. The van der Waals surface area contributed by atoms with Gasteiger partial charge in [-0.1, -0.05) is 25.2 Å². The lowest BCUT2D eigenvalue weighted by atomic mass is 10.1. The van der Waals surface area contributed by atoms with Gasteiger partial charge in [0, 0.05) is 5.22 Å². The summed E-state index contributed by atoms with van der Waals surface area (Å²) in [7, 11) is 0. The van der Waals surface area contributed by atoms with Crippen LogP contribution >= 0.6 is 0 Å². The number of nitrogens with zero attached hydrogens (tertiary/aromatic N) is 2. The van der Waals surface area contributed by atoms with Gasteiger partial charge in [0.25, 0.3) is 0 Å². The first kappa shape index (κ1) is 7.22. The van der Waals surface area contributed by atoms with E-state index in [2.05, 4.69) is 29.3 Å². The molecule has 0 bridgehead atoms. The zero-order chi connectivity index (χ0) is 8.39. The van der Waals surface area contributed by atoms with Crippen molar-refractivity contribution < 1.29 is 0 Å². The van der Waals surface area contributed by atoms with Crippen LogP contribution in [0.25, 0.3) is 12.2 Å². The van der Waals surface area contributed by atoms with Crippen LogP contribution in [0.3, 0.4) is 0 Å². The lowest BCUT2D eigenvalue weighted by molar-refractivity contribution is 0.965. The van der Waals surface area contributed by atoms with E-state index >= 15 is 0 Å². The SMILES string of the molecule is CC1C=CC=c2nnccc2=C1. The average Bonchev–Trinajstić information content (AvgIpc) is 2.25. The molecule has 1 atom stereocenters. The molecule has 0 N–H and O–H groups in total. The van der Waals surface area contributed by atoms with E-state index in [9.17, 15) is 0 Å². The molecule has 0 aliphatic heterocycles. The van der Waals surface area contributed by atoms with Gasteiger partial charge in [0.15, 0.2) is 0 Å². The predicted octanol–water partition coefficient (Wildman–Crippen LogP) is 0.244. The first-order valence-corrected chi connectivity index (χ1v) is 4.04. The van der Waals surface area contributed by atoms with E-state index in [0.29, 0.717) is 5.92 Å². The van der Waals surface area contributed by atoms with Gasteiger partial charge in [-0.15, -0.1) is 0 Å². The Bertz CT molecular complexity index is 418. The van der Waals surface area contributed by atoms with Crippen molar-refractivity contribution in [3.8, 4) is 0 Å². The second-order valence-electron chi connectivity index (χ2n) is 2.95. The van der Waals surface area contributed by atoms with Crippen molar-refractivity contribution in [3.05, 3.63) is 35.0 Å². The third-order valence-corrected chi connectivity index (χ3v) is 1.89. The summed E-state index contributed by atoms with van der Waals surface area (Å²) in [6.07, 6.45) is 10.1. The Morgan fingerprint density at radius 2 is 2.33 bits per heavy atom. The highest BCUT2D eigenvalue weighted by Crippen LogP contribution is 1.99. The van der Waals surface area contributed by atoms with Crippen LogP contribution < -0.4 is 10.6 Å². The molecule has 1 heterocycles. The first-order valence-electron chi connectivity index (χ1n) is 4.04. The molecule has 1 aliphatic carbocycles. The molecule has 0 amide bonds. The van der Waals surface area contributed by atoms with Crippen LogP contribution in [-0.2, 0) is 0 Å². The molecule has 12 heavy (non-hydrogen) atoms. The zero-order valence-electron chi connectivity index (χ0n) is 6.94. The summed E-state index contributed by atoms with van der Waals surface area (Å²) in [5, 5.41) is 9.98. The van der Waals surface area contributed by atoms with E-state index in [1.807, 2.05) is 18.2 Å². The van der Waals surface area contributed by atoms with Gasteiger partial charge in [-0.3, -0.25) is 0 Å². The van der Waals surface area contributed by atoms with E-state index in [1.165, 1.54) is 5.22 Å². The van der Waals surface area contributed by atoms with Crippen LogP contribution in [0, 0.1) is 5.92 Å². The van der Waals surface area contributed by atoms with Gasteiger partial charge in [0.2, 0.25) is 0 Å². The fraction of sp³-hybridized carbons (Fsp3) is 0.200. The van der Waals surface area contributed by atoms with Gasteiger partial charge in [0.1, 0.15) is 0 Å². The molecular weight excluding hydrogens is 148 g/mol. The number of hydrogen-bond acceptors (Lipinski definition) is 2. The van der Waals surface area contributed by atoms with E-state index in [1.54, 1.807) is 6.20 Å². The zero-order valence-corrected chi connectivity index (χ0v) is 6.94. The molecule has 60 valence electrons. The number of hydrogen-bond donors (Lipinski definition) is 0. The third-order valence-electron chi connectivity index (χ3n) is 1.89. The summed E-state index contributed by atoms with van der Waals surface area (Å²) in [5.41, 5.74) is 0. The fourth-order valence-electron chi connectivity index (χ4n) is 1.28. The minimum Gasteiger partial charge on any atom is -0.159 e. The number of aromatic nitrogens is 2. The van der Waals surface area contributed by atoms with Crippen LogP contribution in [0.2, 0.25) is 0 Å². The highest BCUT2D eigenvalue weighted by Gasteiger charge is 1.94. The van der Waals surface area contributed by atoms with Crippen LogP contribution in [0.15, 0.2) is 24.4 Å². The van der Waals surface area contributed by atoms with Crippen molar-refractivity contribution in [2.75, 3.05) is 0 Å². The minimum absolute atomic E-state index is 0.478. The topological polar surface area (TPSA) is 25.8 Å². The Morgan fingerprint density at radius 1 is 1.42 bits per heavy atom. The molecular formula is C10H10N2. The number of allylic oxidation sites excluding steroid dienone is 2. The Kier molecular flexibility index (Phi) is 1.74. The molecule has 2 rings (SSSR count). The number of rotatable bonds is 0. The predicted molar refractivity (Wildman–Crippen MR) is 48.5 cm³/mol. The summed E-state index contributed by atoms with van der Waals surface area (Å²) in [6.45, 7) is 2.15. The Hall–Kier alpha value is -1.44. The quantitative estimate of drug-likeness (QED) is 0.540. The molecule has 0 radical (unpaired) electrons. The Morgan fingerprint density at radius 3 is 3.25 bits per heavy atom. The van der Waals surface area contributed by atoms with Gasteiger partial charge in [0.05, 0.1) is 11.5 Å². The van der Waals surface area contributed by atoms with E-state index in [0.717, 1.165) is 5.35 Å². The van der Waals surface area contributed by atoms with Crippen LogP contribution in [0.4, 0.5) is 0 Å². The molecule has 0 fully saturated rings. The molecule has 0 saturated carbocycles. The van der Waals surface area contributed by atoms with Crippen molar-refractivity contribution in [1.82, 2.24) is 10.2 Å². The Labute approximate surface area is 71.0 Å². The van der Waals surface area contributed by atoms with Gasteiger partial charge in [-0.2, -0.15) is 10.2 Å². The monoisotopic (exact) mass is 158 g/mol. The maximum atomic E-state index is 4.03. The molecule has 2 heteroatoms. The second kappa shape index (κ2) is 2.89. The number of fused-ring (bicyclic) bond motifs is 1. The minimum atomic E-state index is 0.478. The standard InChI is InChI=1S/C10H10N2/c1-8-3-2-4-10-9(7-8)5-6-11-12-10/h2-8H,1H3. The third kappa shape index (κ3) is 1.28. The van der Waals surface area contributed by atoms with E-state index in [4.69, 9.17) is 0 Å². The molecule has 1 aromatic heterocycles. The molecule has 1 unspecified atom stereocenters. The van der Waals surface area contributed by atoms with Gasteiger partial charge < -0.3 is 0 Å². The van der Waals surface area contributed by atoms with Crippen molar-refractivity contribution >= 4 is 12.2 Å². The highest BCUT2D eigenvalue weighted by molar-refractivity contribution is 5.43. The lowest BCUT2D eigenvalue weighted by Crippen LogP contribution is -2.28. The smallest absolute Gasteiger partial charge is 0.0926 e. The molecule has 2 nitrogen and oxygen atoms in total. The van der Waals surface area contributed by atoms with E-state index in [-0.39, 0.29) is 0 Å². The summed E-state index contributed by atoms with van der Waals surface area (Å²) < 4.78 is 0. The second-order valence-corrected chi connectivity index (χ2v) is 2.95. The van der Waals surface area contributed by atoms with Gasteiger partial charge >= 0.3 is 0 Å². The van der Waals surface area contributed by atoms with Crippen molar-refractivity contribution in [2.24, 2.45) is 5.92 Å². The summed E-state index contributed by atoms with van der Waals surface area (Å²) in [4.78, 5) is 0. The highest BCUT2D eigenvalue weighted by atomic mass is 15.1. The maximum absolute atomic E-state index is 4.03. The normalized spacial score (nSPS) is 20.2. The molecule has 0 saturated heterocycles. The maximum Gasteiger partial charge on any atom is 0.0926 e. The van der Waals surface area contributed by atoms with Crippen molar-refractivity contribution in [3.63, 3.8) is 0 Å². The molecule has 1 aromatic rings. The van der Waals surface area contributed by atoms with Gasteiger partial charge in [-0.05, 0) is 18.1 Å². The molecule has 1 aliphatic rings. The van der Waals surface area contributed by atoms with Crippen LogP contribution in [0.5, 0.6) is 0 Å². The summed E-state index contributed by atoms with van der Waals surface area (Å²) in [6, 6.07) is 1.99. The summed E-state index contributed by atoms with van der Waals surface area (Å²) in [5.74, 6) is 0.478.